The maximum atomic E-state index is 11.5. The van der Waals surface area contributed by atoms with Gasteiger partial charge in [0, 0.05) is 18.3 Å². The highest BCUT2D eigenvalue weighted by Gasteiger charge is 2.00. The van der Waals surface area contributed by atoms with Crippen LogP contribution in [0.2, 0.25) is 0 Å². The predicted octanol–water partition coefficient (Wildman–Crippen LogP) is 4.44. The molecule has 0 aromatic rings. The quantitative estimate of drug-likeness (QED) is 0.350. The largest absolute Gasteiger partial charge is 0.379 e. The lowest BCUT2D eigenvalue weighted by molar-refractivity contribution is -0.121. The first-order valence-corrected chi connectivity index (χ1v) is 9.33. The van der Waals surface area contributed by atoms with E-state index in [9.17, 15) is 4.79 Å². The molecule has 1 amide bonds. The monoisotopic (exact) mass is 349 g/mol. The fourth-order valence-corrected chi connectivity index (χ4v) is 2.33. The molecule has 0 aromatic heterocycles. The van der Waals surface area contributed by atoms with Crippen molar-refractivity contribution in [2.24, 2.45) is 0 Å². The van der Waals surface area contributed by atoms with Crippen molar-refractivity contribution in [3.8, 4) is 0 Å². The molecular weight excluding hydrogens is 318 g/mol. The van der Waals surface area contributed by atoms with Crippen LogP contribution in [0.1, 0.15) is 71.1 Å². The molecule has 0 aliphatic rings. The van der Waals surface area contributed by atoms with Gasteiger partial charge >= 0.3 is 0 Å². The molecule has 20 heavy (non-hydrogen) atoms. The average molecular weight is 350 g/mol. The smallest absolute Gasteiger partial charge is 0.220 e. The van der Waals surface area contributed by atoms with Crippen molar-refractivity contribution in [2.75, 3.05) is 25.1 Å². The third kappa shape index (κ3) is 16.0. The normalized spacial score (nSPS) is 10.7. The zero-order valence-electron chi connectivity index (χ0n) is 13.1. The highest BCUT2D eigenvalue weighted by atomic mass is 79.9. The second kappa shape index (κ2) is 17.0. The number of unbranched alkanes of at least 4 members (excludes halogenated alkanes) is 8. The first-order valence-electron chi connectivity index (χ1n) is 8.21. The van der Waals surface area contributed by atoms with E-state index in [1.54, 1.807) is 0 Å². The van der Waals surface area contributed by atoms with E-state index in [4.69, 9.17) is 4.74 Å². The van der Waals surface area contributed by atoms with Crippen molar-refractivity contribution >= 4 is 21.8 Å². The number of carbonyl (C=O) groups excluding carboxylic acids is 1. The number of nitrogens with one attached hydrogen (secondary N) is 1. The standard InChI is InChI=1S/C16H32BrNO2/c1-2-3-4-5-6-7-8-9-10-11-16(19)18-13-15-20-14-12-17/h2-15H2,1H3,(H,18,19). The van der Waals surface area contributed by atoms with Gasteiger partial charge in [-0.2, -0.15) is 0 Å². The summed E-state index contributed by atoms with van der Waals surface area (Å²) in [5, 5.41) is 3.73. The number of hydrogen-bond donors (Lipinski definition) is 1. The molecule has 0 aliphatic heterocycles. The van der Waals surface area contributed by atoms with Crippen LogP contribution in [0.15, 0.2) is 0 Å². The minimum atomic E-state index is 0.162. The molecular formula is C16H32BrNO2. The zero-order chi connectivity index (χ0) is 14.9. The highest BCUT2D eigenvalue weighted by Crippen LogP contribution is 2.10. The Hall–Kier alpha value is -0.0900. The number of alkyl halides is 1. The molecule has 0 bridgehead atoms. The molecule has 0 radical (unpaired) electrons. The maximum absolute atomic E-state index is 11.5. The molecule has 1 N–H and O–H groups in total. The van der Waals surface area contributed by atoms with Gasteiger partial charge in [0.1, 0.15) is 0 Å². The predicted molar refractivity (Wildman–Crippen MR) is 89.5 cm³/mol. The minimum absolute atomic E-state index is 0.162. The summed E-state index contributed by atoms with van der Waals surface area (Å²) in [6.45, 7) is 4.19. The summed E-state index contributed by atoms with van der Waals surface area (Å²) in [4.78, 5) is 11.5. The number of amides is 1. The van der Waals surface area contributed by atoms with Gasteiger partial charge in [-0.05, 0) is 6.42 Å². The summed E-state index contributed by atoms with van der Waals surface area (Å²) in [5.74, 6) is 0.162. The summed E-state index contributed by atoms with van der Waals surface area (Å²) < 4.78 is 5.27. The summed E-state index contributed by atoms with van der Waals surface area (Å²) in [7, 11) is 0. The Morgan fingerprint density at radius 2 is 1.55 bits per heavy atom. The lowest BCUT2D eigenvalue weighted by Gasteiger charge is -2.05. The third-order valence-corrected chi connectivity index (χ3v) is 3.62. The van der Waals surface area contributed by atoms with Gasteiger partial charge in [0.25, 0.3) is 0 Å². The number of rotatable bonds is 15. The first kappa shape index (κ1) is 19.9. The van der Waals surface area contributed by atoms with Gasteiger partial charge in [0.2, 0.25) is 5.91 Å². The minimum Gasteiger partial charge on any atom is -0.379 e. The fourth-order valence-electron chi connectivity index (χ4n) is 2.10. The van der Waals surface area contributed by atoms with E-state index in [-0.39, 0.29) is 5.91 Å². The number of ether oxygens (including phenoxy) is 1. The number of hydrogen-bond acceptors (Lipinski definition) is 2. The number of halogens is 1. The Morgan fingerprint density at radius 3 is 2.15 bits per heavy atom. The van der Waals surface area contributed by atoms with Crippen LogP contribution < -0.4 is 5.32 Å². The van der Waals surface area contributed by atoms with Crippen LogP contribution in [0, 0.1) is 0 Å². The van der Waals surface area contributed by atoms with Crippen molar-refractivity contribution in [1.82, 2.24) is 5.32 Å². The van der Waals surface area contributed by atoms with Gasteiger partial charge in [-0.15, -0.1) is 0 Å². The van der Waals surface area contributed by atoms with Crippen molar-refractivity contribution in [3.63, 3.8) is 0 Å². The Morgan fingerprint density at radius 1 is 0.950 bits per heavy atom. The molecule has 0 saturated heterocycles. The second-order valence-corrected chi connectivity index (χ2v) is 6.02. The molecule has 0 unspecified atom stereocenters. The lowest BCUT2D eigenvalue weighted by atomic mass is 10.1. The van der Waals surface area contributed by atoms with Gasteiger partial charge in [-0.25, -0.2) is 0 Å². The topological polar surface area (TPSA) is 38.3 Å². The molecule has 0 saturated carbocycles. The van der Waals surface area contributed by atoms with Crippen LogP contribution in [0.4, 0.5) is 0 Å². The van der Waals surface area contributed by atoms with Gasteiger partial charge in [-0.1, -0.05) is 74.2 Å². The van der Waals surface area contributed by atoms with Crippen LogP contribution in [0.3, 0.4) is 0 Å². The second-order valence-electron chi connectivity index (χ2n) is 5.23. The van der Waals surface area contributed by atoms with Gasteiger partial charge in [0.15, 0.2) is 0 Å². The molecule has 4 heteroatoms. The first-order chi connectivity index (χ1) is 9.81. The Labute approximate surface area is 133 Å². The molecule has 0 aliphatic carbocycles. The van der Waals surface area contributed by atoms with Crippen LogP contribution in [-0.4, -0.2) is 31.0 Å². The van der Waals surface area contributed by atoms with Crippen LogP contribution in [-0.2, 0) is 9.53 Å². The molecule has 120 valence electrons. The summed E-state index contributed by atoms with van der Waals surface area (Å²) in [6, 6.07) is 0. The summed E-state index contributed by atoms with van der Waals surface area (Å²) >= 11 is 3.29. The molecule has 0 fully saturated rings. The lowest BCUT2D eigenvalue weighted by Crippen LogP contribution is -2.27. The van der Waals surface area contributed by atoms with Crippen LogP contribution >= 0.6 is 15.9 Å². The van der Waals surface area contributed by atoms with Crippen molar-refractivity contribution in [3.05, 3.63) is 0 Å². The molecule has 0 heterocycles. The van der Waals surface area contributed by atoms with E-state index in [0.717, 1.165) is 11.8 Å². The summed E-state index contributed by atoms with van der Waals surface area (Å²) in [6.07, 6.45) is 12.3. The van der Waals surface area contributed by atoms with Crippen molar-refractivity contribution in [1.29, 1.82) is 0 Å². The van der Waals surface area contributed by atoms with E-state index in [1.165, 1.54) is 51.4 Å². The van der Waals surface area contributed by atoms with E-state index >= 15 is 0 Å². The van der Waals surface area contributed by atoms with Gasteiger partial charge < -0.3 is 10.1 Å². The number of carbonyl (C=O) groups is 1. The van der Waals surface area contributed by atoms with E-state index in [1.807, 2.05) is 0 Å². The van der Waals surface area contributed by atoms with E-state index in [2.05, 4.69) is 28.2 Å². The van der Waals surface area contributed by atoms with Gasteiger partial charge in [-0.3, -0.25) is 4.79 Å². The SMILES string of the molecule is CCCCCCCCCCCC(=O)NCCOCCBr. The molecule has 0 atom stereocenters. The fraction of sp³-hybridized carbons (Fsp3) is 0.938. The van der Waals surface area contributed by atoms with Crippen LogP contribution in [0.5, 0.6) is 0 Å². The van der Waals surface area contributed by atoms with Crippen LogP contribution in [0.25, 0.3) is 0 Å². The Kier molecular flexibility index (Phi) is 16.9. The van der Waals surface area contributed by atoms with E-state index in [0.29, 0.717) is 26.2 Å². The molecule has 3 nitrogen and oxygen atoms in total. The average Bonchev–Trinajstić information content (AvgIpc) is 2.45. The van der Waals surface area contributed by atoms with Crippen molar-refractivity contribution in [2.45, 2.75) is 71.1 Å². The molecule has 0 aromatic carbocycles. The highest BCUT2D eigenvalue weighted by molar-refractivity contribution is 9.09. The van der Waals surface area contributed by atoms with Gasteiger partial charge in [0.05, 0.1) is 13.2 Å². The summed E-state index contributed by atoms with van der Waals surface area (Å²) in [5.41, 5.74) is 0. The maximum Gasteiger partial charge on any atom is 0.220 e. The molecule has 0 rings (SSSR count). The zero-order valence-corrected chi connectivity index (χ0v) is 14.7. The third-order valence-electron chi connectivity index (χ3n) is 3.30. The molecule has 0 spiro atoms. The Balaban J connectivity index is 3.11. The van der Waals surface area contributed by atoms with Crippen molar-refractivity contribution < 1.29 is 9.53 Å². The van der Waals surface area contributed by atoms with E-state index < -0.39 is 0 Å². The Bertz CT molecular complexity index is 213.